The molecule has 4 aliphatic carbocycles. The standard InChI is InChI=1S/C29H28O2/c30-18-22-11-25(23-4-2-1-3-5-23)13-26(12-22)24-6-7-28(31)27(14-24)29-15-19-8-20(16-29)10-21(9-19)17-29/h1-7,11-14,18-21,31H,8-10,15-17H2. The molecule has 3 aromatic rings. The molecule has 4 aliphatic rings. The fourth-order valence-electron chi connectivity index (χ4n) is 7.26. The Morgan fingerprint density at radius 3 is 1.94 bits per heavy atom. The van der Waals surface area contributed by atoms with E-state index in [-0.39, 0.29) is 5.41 Å². The molecule has 4 saturated carbocycles. The monoisotopic (exact) mass is 408 g/mol. The number of aromatic hydroxyl groups is 1. The van der Waals surface area contributed by atoms with Crippen molar-refractivity contribution in [3.63, 3.8) is 0 Å². The molecule has 4 bridgehead atoms. The second-order valence-electron chi connectivity index (χ2n) is 10.3. The fraction of sp³-hybridized carbons (Fsp3) is 0.345. The number of carbonyl (C=O) groups excluding carboxylic acids is 1. The first-order chi connectivity index (χ1) is 15.1. The molecule has 7 rings (SSSR count). The maximum atomic E-state index is 11.7. The highest BCUT2D eigenvalue weighted by Crippen LogP contribution is 2.62. The van der Waals surface area contributed by atoms with Crippen molar-refractivity contribution >= 4 is 6.29 Å². The van der Waals surface area contributed by atoms with Crippen LogP contribution in [-0.4, -0.2) is 11.4 Å². The predicted molar refractivity (Wildman–Crippen MR) is 124 cm³/mol. The Hall–Kier alpha value is -2.87. The van der Waals surface area contributed by atoms with Gasteiger partial charge in [0.25, 0.3) is 0 Å². The van der Waals surface area contributed by atoms with Crippen molar-refractivity contribution in [1.29, 1.82) is 0 Å². The molecule has 0 radical (unpaired) electrons. The van der Waals surface area contributed by atoms with Gasteiger partial charge in [0.15, 0.2) is 0 Å². The number of carbonyl (C=O) groups is 1. The molecule has 3 aromatic carbocycles. The molecule has 0 aromatic heterocycles. The van der Waals surface area contributed by atoms with Gasteiger partial charge in [0.05, 0.1) is 0 Å². The third-order valence-electron chi connectivity index (χ3n) is 8.14. The second kappa shape index (κ2) is 7.09. The van der Waals surface area contributed by atoms with Gasteiger partial charge in [-0.3, -0.25) is 4.79 Å². The summed E-state index contributed by atoms with van der Waals surface area (Å²) in [7, 11) is 0. The third-order valence-corrected chi connectivity index (χ3v) is 8.14. The second-order valence-corrected chi connectivity index (χ2v) is 10.3. The number of rotatable bonds is 4. The summed E-state index contributed by atoms with van der Waals surface area (Å²) in [6, 6.07) is 22.4. The van der Waals surface area contributed by atoms with E-state index in [2.05, 4.69) is 24.3 Å². The maximum Gasteiger partial charge on any atom is 0.150 e. The summed E-state index contributed by atoms with van der Waals surface area (Å²) in [5.41, 5.74) is 6.23. The van der Waals surface area contributed by atoms with E-state index in [9.17, 15) is 9.90 Å². The molecule has 2 nitrogen and oxygen atoms in total. The minimum absolute atomic E-state index is 0.138. The summed E-state index contributed by atoms with van der Waals surface area (Å²) < 4.78 is 0. The molecule has 4 fully saturated rings. The Labute approximate surface area is 183 Å². The van der Waals surface area contributed by atoms with Crippen LogP contribution >= 0.6 is 0 Å². The van der Waals surface area contributed by atoms with Crippen molar-refractivity contribution in [2.75, 3.05) is 0 Å². The topological polar surface area (TPSA) is 37.3 Å². The summed E-state index contributed by atoms with van der Waals surface area (Å²) >= 11 is 0. The van der Waals surface area contributed by atoms with Gasteiger partial charge < -0.3 is 5.11 Å². The Morgan fingerprint density at radius 1 is 0.710 bits per heavy atom. The van der Waals surface area contributed by atoms with Crippen LogP contribution in [0.15, 0.2) is 66.7 Å². The van der Waals surface area contributed by atoms with Gasteiger partial charge >= 0.3 is 0 Å². The lowest BCUT2D eigenvalue weighted by Gasteiger charge is -2.57. The van der Waals surface area contributed by atoms with Crippen LogP contribution in [0.5, 0.6) is 5.75 Å². The van der Waals surface area contributed by atoms with Crippen molar-refractivity contribution in [2.24, 2.45) is 17.8 Å². The molecule has 0 amide bonds. The Balaban J connectivity index is 1.45. The van der Waals surface area contributed by atoms with Crippen LogP contribution < -0.4 is 0 Å². The van der Waals surface area contributed by atoms with Gasteiger partial charge in [0.1, 0.15) is 12.0 Å². The minimum atomic E-state index is 0.138. The number of phenolic OH excluding ortho intramolecular Hbond substituents is 1. The lowest BCUT2D eigenvalue weighted by Crippen LogP contribution is -2.48. The Bertz CT molecular complexity index is 1110. The van der Waals surface area contributed by atoms with Crippen LogP contribution in [0.4, 0.5) is 0 Å². The summed E-state index contributed by atoms with van der Waals surface area (Å²) in [6.45, 7) is 0. The van der Waals surface area contributed by atoms with Crippen LogP contribution in [0, 0.1) is 17.8 Å². The van der Waals surface area contributed by atoms with Crippen molar-refractivity contribution < 1.29 is 9.90 Å². The van der Waals surface area contributed by atoms with Gasteiger partial charge in [0.2, 0.25) is 0 Å². The molecule has 2 heteroatoms. The number of phenols is 1. The number of benzene rings is 3. The first-order valence-electron chi connectivity index (χ1n) is 11.6. The van der Waals surface area contributed by atoms with E-state index in [0.29, 0.717) is 11.3 Å². The molecule has 0 atom stereocenters. The minimum Gasteiger partial charge on any atom is -0.508 e. The normalized spacial score (nSPS) is 28.6. The zero-order valence-electron chi connectivity index (χ0n) is 17.8. The zero-order chi connectivity index (χ0) is 21.0. The summed E-state index contributed by atoms with van der Waals surface area (Å²) in [6.07, 6.45) is 8.76. The average Bonchev–Trinajstić information content (AvgIpc) is 2.78. The molecule has 0 unspecified atom stereocenters. The lowest BCUT2D eigenvalue weighted by atomic mass is 9.48. The molecule has 0 spiro atoms. The number of hydrogen-bond acceptors (Lipinski definition) is 2. The maximum absolute atomic E-state index is 11.7. The molecular formula is C29H28O2. The van der Waals surface area contributed by atoms with Crippen molar-refractivity contribution in [3.8, 4) is 28.0 Å². The number of hydrogen-bond donors (Lipinski definition) is 1. The van der Waals surface area contributed by atoms with E-state index in [1.54, 1.807) is 0 Å². The van der Waals surface area contributed by atoms with E-state index in [0.717, 1.165) is 51.9 Å². The summed E-state index contributed by atoms with van der Waals surface area (Å²) in [5.74, 6) is 2.94. The third kappa shape index (κ3) is 3.20. The first kappa shape index (κ1) is 18.9. The van der Waals surface area contributed by atoms with Crippen molar-refractivity contribution in [1.82, 2.24) is 0 Å². The van der Waals surface area contributed by atoms with Crippen LogP contribution in [0.1, 0.15) is 54.4 Å². The van der Waals surface area contributed by atoms with E-state index in [1.807, 2.05) is 42.5 Å². The highest BCUT2D eigenvalue weighted by Gasteiger charge is 2.52. The Morgan fingerprint density at radius 2 is 1.32 bits per heavy atom. The SMILES string of the molecule is O=Cc1cc(-c2ccccc2)cc(-c2ccc(O)c(C34CC5CC(CC(C5)C3)C4)c2)c1. The van der Waals surface area contributed by atoms with Crippen LogP contribution in [0.25, 0.3) is 22.3 Å². The van der Waals surface area contributed by atoms with E-state index >= 15 is 0 Å². The van der Waals surface area contributed by atoms with Gasteiger partial charge in [0, 0.05) is 11.1 Å². The van der Waals surface area contributed by atoms with Crippen LogP contribution in [0.3, 0.4) is 0 Å². The van der Waals surface area contributed by atoms with E-state index in [4.69, 9.17) is 0 Å². The molecule has 0 heterocycles. The zero-order valence-corrected chi connectivity index (χ0v) is 17.8. The van der Waals surface area contributed by atoms with Gasteiger partial charge in [-0.25, -0.2) is 0 Å². The Kier molecular flexibility index (Phi) is 4.31. The quantitative estimate of drug-likeness (QED) is 0.472. The lowest BCUT2D eigenvalue weighted by molar-refractivity contribution is -0.00611. The predicted octanol–water partition coefficient (Wildman–Crippen LogP) is 7.01. The van der Waals surface area contributed by atoms with Crippen LogP contribution in [0.2, 0.25) is 0 Å². The van der Waals surface area contributed by atoms with Gasteiger partial charge in [-0.1, -0.05) is 36.4 Å². The smallest absolute Gasteiger partial charge is 0.150 e. The molecule has 156 valence electrons. The van der Waals surface area contributed by atoms with Crippen molar-refractivity contribution in [3.05, 3.63) is 77.9 Å². The fourth-order valence-corrected chi connectivity index (χ4v) is 7.26. The molecule has 0 saturated heterocycles. The highest BCUT2D eigenvalue weighted by atomic mass is 16.3. The first-order valence-corrected chi connectivity index (χ1v) is 11.6. The average molecular weight is 409 g/mol. The summed E-state index contributed by atoms with van der Waals surface area (Å²) in [4.78, 5) is 11.7. The highest BCUT2D eigenvalue weighted by molar-refractivity contribution is 5.84. The van der Waals surface area contributed by atoms with Gasteiger partial charge in [-0.05, 0) is 114 Å². The summed E-state index contributed by atoms with van der Waals surface area (Å²) in [5, 5.41) is 10.9. The molecular weight excluding hydrogens is 380 g/mol. The van der Waals surface area contributed by atoms with Gasteiger partial charge in [-0.15, -0.1) is 0 Å². The van der Waals surface area contributed by atoms with E-state index in [1.165, 1.54) is 38.5 Å². The molecule has 31 heavy (non-hydrogen) atoms. The largest absolute Gasteiger partial charge is 0.508 e. The molecule has 0 aliphatic heterocycles. The number of aldehydes is 1. The van der Waals surface area contributed by atoms with Crippen LogP contribution in [-0.2, 0) is 5.41 Å². The molecule has 1 N–H and O–H groups in total. The van der Waals surface area contributed by atoms with Crippen molar-refractivity contribution in [2.45, 2.75) is 43.9 Å². The van der Waals surface area contributed by atoms with Gasteiger partial charge in [-0.2, -0.15) is 0 Å². The van der Waals surface area contributed by atoms with E-state index < -0.39 is 0 Å².